The van der Waals surface area contributed by atoms with Crippen molar-refractivity contribution in [3.8, 4) is 0 Å². The molecule has 0 bridgehead atoms. The van der Waals surface area contributed by atoms with Crippen LogP contribution in [0, 0.1) is 0 Å². The summed E-state index contributed by atoms with van der Waals surface area (Å²) in [5, 5.41) is 0.481. The molecule has 3 aromatic rings. The normalized spacial score (nSPS) is 11.0. The predicted molar refractivity (Wildman–Crippen MR) is 74.6 cm³/mol. The zero-order valence-corrected chi connectivity index (χ0v) is 11.7. The van der Waals surface area contributed by atoms with E-state index in [0.717, 1.165) is 0 Å². The molecule has 0 fully saturated rings. The van der Waals surface area contributed by atoms with Crippen LogP contribution in [0.25, 0.3) is 11.1 Å². The van der Waals surface area contributed by atoms with Gasteiger partial charge in [-0.1, -0.05) is 11.6 Å². The van der Waals surface area contributed by atoms with E-state index < -0.39 is 11.7 Å². The Bertz CT molecular complexity index is 873. The molecule has 0 aliphatic carbocycles. The maximum atomic E-state index is 11.9. The maximum Gasteiger partial charge on any atom is 0.420 e. The van der Waals surface area contributed by atoms with Gasteiger partial charge in [-0.15, -0.1) is 0 Å². The van der Waals surface area contributed by atoms with E-state index in [9.17, 15) is 9.59 Å². The second kappa shape index (κ2) is 5.14. The SMILES string of the molecule is COC(=O)c1ccc(Cn2c(=O)oc3cc(Cl)ccc32)o1. The fourth-order valence-corrected chi connectivity index (χ4v) is 2.18. The lowest BCUT2D eigenvalue weighted by Crippen LogP contribution is -2.14. The monoisotopic (exact) mass is 307 g/mol. The molecule has 0 amide bonds. The minimum Gasteiger partial charge on any atom is -0.463 e. The summed E-state index contributed by atoms with van der Waals surface area (Å²) in [6.07, 6.45) is 0. The molecule has 2 heterocycles. The highest BCUT2D eigenvalue weighted by molar-refractivity contribution is 6.31. The van der Waals surface area contributed by atoms with Crippen molar-refractivity contribution < 1.29 is 18.4 Å². The van der Waals surface area contributed by atoms with Gasteiger partial charge in [-0.25, -0.2) is 9.59 Å². The highest BCUT2D eigenvalue weighted by atomic mass is 35.5. The van der Waals surface area contributed by atoms with Crippen molar-refractivity contribution in [2.45, 2.75) is 6.54 Å². The number of halogens is 1. The van der Waals surface area contributed by atoms with Crippen LogP contribution >= 0.6 is 11.6 Å². The third-order valence-electron chi connectivity index (χ3n) is 2.99. The molecule has 0 atom stereocenters. The Kier molecular flexibility index (Phi) is 3.31. The number of rotatable bonds is 3. The summed E-state index contributed by atoms with van der Waals surface area (Å²) >= 11 is 5.85. The molecule has 21 heavy (non-hydrogen) atoms. The molecule has 0 spiro atoms. The average Bonchev–Trinajstić information content (AvgIpc) is 3.04. The molecule has 0 aliphatic heterocycles. The number of methoxy groups -OCH3 is 1. The summed E-state index contributed by atoms with van der Waals surface area (Å²) in [7, 11) is 1.27. The summed E-state index contributed by atoms with van der Waals surface area (Å²) < 4.78 is 16.4. The van der Waals surface area contributed by atoms with Gasteiger partial charge in [0.25, 0.3) is 0 Å². The number of carbonyl (C=O) groups excluding carboxylic acids is 1. The lowest BCUT2D eigenvalue weighted by molar-refractivity contribution is 0.0563. The summed E-state index contributed by atoms with van der Waals surface area (Å²) in [6.45, 7) is 0.143. The molecule has 0 unspecified atom stereocenters. The van der Waals surface area contributed by atoms with Crippen LogP contribution < -0.4 is 5.76 Å². The minimum atomic E-state index is -0.572. The minimum absolute atomic E-state index is 0.0800. The molecule has 0 saturated heterocycles. The van der Waals surface area contributed by atoms with Crippen LogP contribution in [0.3, 0.4) is 0 Å². The first kappa shape index (κ1) is 13.5. The topological polar surface area (TPSA) is 74.6 Å². The fraction of sp³-hybridized carbons (Fsp3) is 0.143. The zero-order chi connectivity index (χ0) is 15.0. The van der Waals surface area contributed by atoms with Gasteiger partial charge in [-0.3, -0.25) is 4.57 Å². The van der Waals surface area contributed by atoms with Gasteiger partial charge in [0.2, 0.25) is 5.76 Å². The lowest BCUT2D eigenvalue weighted by atomic mass is 10.3. The number of nitrogens with zero attached hydrogens (tertiary/aromatic N) is 1. The summed E-state index contributed by atoms with van der Waals surface area (Å²) in [6, 6.07) is 8.01. The number of furan rings is 1. The van der Waals surface area contributed by atoms with Crippen LogP contribution in [0.1, 0.15) is 16.3 Å². The maximum absolute atomic E-state index is 11.9. The first-order chi connectivity index (χ1) is 10.1. The Balaban J connectivity index is 1.98. The second-order valence-corrected chi connectivity index (χ2v) is 4.76. The van der Waals surface area contributed by atoms with Crippen LogP contribution in [0.2, 0.25) is 5.02 Å². The summed E-state index contributed by atoms with van der Waals surface area (Å²) in [5.74, 6) is -0.577. The Morgan fingerprint density at radius 1 is 1.29 bits per heavy atom. The van der Waals surface area contributed by atoms with E-state index in [-0.39, 0.29) is 12.3 Å². The molecule has 0 N–H and O–H groups in total. The van der Waals surface area contributed by atoms with Crippen molar-refractivity contribution in [2.75, 3.05) is 7.11 Å². The number of ether oxygens (including phenoxy) is 1. The fourth-order valence-electron chi connectivity index (χ4n) is 2.02. The molecular formula is C14H10ClNO5. The van der Waals surface area contributed by atoms with Crippen molar-refractivity contribution in [2.24, 2.45) is 0 Å². The van der Waals surface area contributed by atoms with Crippen LogP contribution in [0.15, 0.2) is 44.0 Å². The molecule has 6 nitrogen and oxygen atoms in total. The Morgan fingerprint density at radius 2 is 2.10 bits per heavy atom. The van der Waals surface area contributed by atoms with E-state index >= 15 is 0 Å². The number of hydrogen-bond donors (Lipinski definition) is 0. The summed E-state index contributed by atoms with van der Waals surface area (Å²) in [5.41, 5.74) is 0.993. The van der Waals surface area contributed by atoms with E-state index in [1.54, 1.807) is 24.3 Å². The standard InChI is InChI=1S/C14H10ClNO5/c1-19-13(17)11-5-3-9(20-11)7-16-10-4-2-8(15)6-12(10)21-14(16)18/h2-6H,7H2,1H3. The molecular weight excluding hydrogens is 298 g/mol. The van der Waals surface area contributed by atoms with Crippen molar-refractivity contribution in [1.29, 1.82) is 0 Å². The smallest absolute Gasteiger partial charge is 0.420 e. The van der Waals surface area contributed by atoms with E-state index in [4.69, 9.17) is 20.4 Å². The van der Waals surface area contributed by atoms with Gasteiger partial charge < -0.3 is 13.6 Å². The van der Waals surface area contributed by atoms with Crippen LogP contribution in [0.4, 0.5) is 0 Å². The molecule has 3 rings (SSSR count). The molecule has 0 radical (unpaired) electrons. The average molecular weight is 308 g/mol. The highest BCUT2D eigenvalue weighted by Gasteiger charge is 2.14. The van der Waals surface area contributed by atoms with E-state index in [0.29, 0.717) is 21.9 Å². The van der Waals surface area contributed by atoms with Gasteiger partial charge in [0.15, 0.2) is 5.58 Å². The zero-order valence-electron chi connectivity index (χ0n) is 11.0. The van der Waals surface area contributed by atoms with Gasteiger partial charge in [0, 0.05) is 11.1 Å². The number of carbonyl (C=O) groups is 1. The first-order valence-corrected chi connectivity index (χ1v) is 6.42. The van der Waals surface area contributed by atoms with Gasteiger partial charge in [0.1, 0.15) is 5.76 Å². The van der Waals surface area contributed by atoms with E-state index in [2.05, 4.69) is 4.74 Å². The Labute approximate surface area is 123 Å². The molecule has 1 aromatic carbocycles. The molecule has 0 saturated carbocycles. The molecule has 108 valence electrons. The summed E-state index contributed by atoms with van der Waals surface area (Å²) in [4.78, 5) is 23.2. The predicted octanol–water partition coefficient (Wildman–Crippen LogP) is 2.68. The van der Waals surface area contributed by atoms with E-state index in [1.807, 2.05) is 0 Å². The van der Waals surface area contributed by atoms with Crippen molar-refractivity contribution in [1.82, 2.24) is 4.57 Å². The van der Waals surface area contributed by atoms with Gasteiger partial charge in [0.05, 0.1) is 19.2 Å². The number of oxazole rings is 1. The van der Waals surface area contributed by atoms with Gasteiger partial charge in [-0.05, 0) is 24.3 Å². The third kappa shape index (κ3) is 2.45. The largest absolute Gasteiger partial charge is 0.463 e. The molecule has 2 aromatic heterocycles. The number of esters is 1. The third-order valence-corrected chi connectivity index (χ3v) is 3.23. The first-order valence-electron chi connectivity index (χ1n) is 6.04. The Hall–Kier alpha value is -2.47. The number of benzene rings is 1. The van der Waals surface area contributed by atoms with E-state index in [1.165, 1.54) is 17.7 Å². The van der Waals surface area contributed by atoms with Crippen molar-refractivity contribution in [3.63, 3.8) is 0 Å². The van der Waals surface area contributed by atoms with Crippen molar-refractivity contribution >= 4 is 28.7 Å². The number of hydrogen-bond acceptors (Lipinski definition) is 5. The van der Waals surface area contributed by atoms with Crippen molar-refractivity contribution in [3.05, 3.63) is 57.4 Å². The number of aromatic nitrogens is 1. The van der Waals surface area contributed by atoms with Gasteiger partial charge in [-0.2, -0.15) is 0 Å². The second-order valence-electron chi connectivity index (χ2n) is 4.32. The Morgan fingerprint density at radius 3 is 2.86 bits per heavy atom. The van der Waals surface area contributed by atoms with Gasteiger partial charge >= 0.3 is 11.7 Å². The lowest BCUT2D eigenvalue weighted by Gasteiger charge is -1.99. The quantitative estimate of drug-likeness (QED) is 0.695. The van der Waals surface area contributed by atoms with Crippen LogP contribution in [0.5, 0.6) is 0 Å². The molecule has 7 heteroatoms. The van der Waals surface area contributed by atoms with Crippen LogP contribution in [-0.4, -0.2) is 17.6 Å². The van der Waals surface area contributed by atoms with Crippen LogP contribution in [-0.2, 0) is 11.3 Å². The highest BCUT2D eigenvalue weighted by Crippen LogP contribution is 2.19. The molecule has 0 aliphatic rings. The number of fused-ring (bicyclic) bond motifs is 1.